The van der Waals surface area contributed by atoms with Crippen LogP contribution in [0.1, 0.15) is 0 Å². The smallest absolute Gasteiger partial charge is 0.263 e. The number of amides is 1. The monoisotopic (exact) mass is 365 g/mol. The molecule has 0 aliphatic rings. The number of hydrazine groups is 2. The second-order valence-electron chi connectivity index (χ2n) is 5.50. The normalized spacial score (nSPS) is 10.3. The Hall–Kier alpha value is -3.69. The molecule has 9 heteroatoms. The van der Waals surface area contributed by atoms with Gasteiger partial charge in [-0.25, -0.2) is 0 Å². The molecule has 138 valence electrons. The van der Waals surface area contributed by atoms with Crippen molar-refractivity contribution >= 4 is 23.8 Å². The topological polar surface area (TPSA) is 132 Å². The van der Waals surface area contributed by atoms with Crippen LogP contribution in [0.3, 0.4) is 0 Å². The second-order valence-corrected chi connectivity index (χ2v) is 5.50. The number of carbonyl (C=O) groups is 1. The van der Waals surface area contributed by atoms with Crippen molar-refractivity contribution in [2.75, 3.05) is 16.9 Å². The Kier molecular flexibility index (Phi) is 5.77. The van der Waals surface area contributed by atoms with Crippen molar-refractivity contribution < 1.29 is 9.53 Å². The fourth-order valence-electron chi connectivity index (χ4n) is 2.39. The summed E-state index contributed by atoms with van der Waals surface area (Å²) in [7, 11) is 0. The number of nitrogens with two attached hydrogens (primary N) is 1. The van der Waals surface area contributed by atoms with Gasteiger partial charge in [0.05, 0.1) is 11.4 Å². The van der Waals surface area contributed by atoms with Gasteiger partial charge in [-0.2, -0.15) is 10.6 Å². The molecule has 0 saturated carbocycles. The third-order valence-corrected chi connectivity index (χ3v) is 3.66. The molecule has 3 aromatic rings. The third kappa shape index (κ3) is 4.69. The first-order chi connectivity index (χ1) is 13.2. The standard InChI is InChI=1S/C18H19N7O2/c19-12-25(24-20)14-7-4-8-15(9-14)27-11-18(26)21-17-10-16(22-23-17)13-5-2-1-3-6-13/h1-10,12,19,24H,11,20H2,(H2,21,22,23,26). The molecule has 3 rings (SSSR count). The number of hydrogen-bond donors (Lipinski definition) is 5. The molecule has 2 aromatic carbocycles. The molecule has 0 aliphatic heterocycles. The summed E-state index contributed by atoms with van der Waals surface area (Å²) in [5.41, 5.74) is 4.74. The van der Waals surface area contributed by atoms with E-state index in [0.29, 0.717) is 17.3 Å². The first-order valence-corrected chi connectivity index (χ1v) is 8.09. The van der Waals surface area contributed by atoms with Gasteiger partial charge in [-0.15, -0.1) is 0 Å². The lowest BCUT2D eigenvalue weighted by Gasteiger charge is -2.17. The van der Waals surface area contributed by atoms with Gasteiger partial charge in [-0.3, -0.25) is 26.2 Å². The predicted octanol–water partition coefficient (Wildman–Crippen LogP) is 1.89. The van der Waals surface area contributed by atoms with Crippen LogP contribution in [0.4, 0.5) is 11.5 Å². The largest absolute Gasteiger partial charge is 0.484 e. The maximum absolute atomic E-state index is 12.1. The lowest BCUT2D eigenvalue weighted by Crippen LogP contribution is -2.41. The summed E-state index contributed by atoms with van der Waals surface area (Å²) in [5.74, 6) is 5.87. The van der Waals surface area contributed by atoms with Crippen LogP contribution in [0.15, 0.2) is 60.7 Å². The number of hydrogen-bond acceptors (Lipinski definition) is 6. The van der Waals surface area contributed by atoms with Gasteiger partial charge >= 0.3 is 0 Å². The average molecular weight is 365 g/mol. The van der Waals surface area contributed by atoms with Crippen molar-refractivity contribution in [3.8, 4) is 17.0 Å². The number of aromatic amines is 1. The molecule has 0 saturated heterocycles. The zero-order chi connectivity index (χ0) is 19.1. The van der Waals surface area contributed by atoms with E-state index >= 15 is 0 Å². The number of rotatable bonds is 8. The van der Waals surface area contributed by atoms with Gasteiger partial charge in [0, 0.05) is 12.1 Å². The van der Waals surface area contributed by atoms with Crippen LogP contribution >= 0.6 is 0 Å². The lowest BCUT2D eigenvalue weighted by molar-refractivity contribution is -0.118. The summed E-state index contributed by atoms with van der Waals surface area (Å²) in [6, 6.07) is 18.3. The number of nitrogens with zero attached hydrogens (tertiary/aromatic N) is 2. The highest BCUT2D eigenvalue weighted by Crippen LogP contribution is 2.20. The number of anilines is 2. The number of carbonyl (C=O) groups excluding carboxylic acids is 1. The third-order valence-electron chi connectivity index (χ3n) is 3.66. The van der Waals surface area contributed by atoms with Crippen molar-refractivity contribution in [1.29, 1.82) is 5.41 Å². The first-order valence-electron chi connectivity index (χ1n) is 8.09. The van der Waals surface area contributed by atoms with Crippen molar-refractivity contribution in [3.63, 3.8) is 0 Å². The zero-order valence-corrected chi connectivity index (χ0v) is 14.3. The minimum atomic E-state index is -0.340. The molecule has 27 heavy (non-hydrogen) atoms. The molecular formula is C18H19N7O2. The SMILES string of the molecule is N=CN(NN)c1cccc(OCC(=O)Nc2cc(-c3ccccc3)[nH]n2)c1. The van der Waals surface area contributed by atoms with Gasteiger partial charge in [0.15, 0.2) is 12.4 Å². The van der Waals surface area contributed by atoms with Crippen LogP contribution in [0.2, 0.25) is 0 Å². The van der Waals surface area contributed by atoms with Crippen LogP contribution in [-0.4, -0.2) is 29.0 Å². The summed E-state index contributed by atoms with van der Waals surface area (Å²) in [5, 5.41) is 18.2. The Bertz CT molecular complexity index is 911. The average Bonchev–Trinajstić information content (AvgIpc) is 3.17. The van der Waals surface area contributed by atoms with Crippen molar-refractivity contribution in [1.82, 2.24) is 15.7 Å². The van der Waals surface area contributed by atoms with Crippen molar-refractivity contribution in [2.24, 2.45) is 5.84 Å². The number of H-pyrrole nitrogens is 1. The number of ether oxygens (including phenoxy) is 1. The fourth-order valence-corrected chi connectivity index (χ4v) is 2.39. The minimum absolute atomic E-state index is 0.183. The maximum atomic E-state index is 12.1. The molecule has 1 amide bonds. The summed E-state index contributed by atoms with van der Waals surface area (Å²) in [4.78, 5) is 12.1. The van der Waals surface area contributed by atoms with E-state index in [2.05, 4.69) is 21.0 Å². The first kappa shape index (κ1) is 18.1. The maximum Gasteiger partial charge on any atom is 0.263 e. The lowest BCUT2D eigenvalue weighted by atomic mass is 10.2. The second kappa shape index (κ2) is 8.61. The summed E-state index contributed by atoms with van der Waals surface area (Å²) in [6.07, 6.45) is 1.02. The fraction of sp³-hybridized carbons (Fsp3) is 0.0556. The van der Waals surface area contributed by atoms with E-state index in [-0.39, 0.29) is 12.5 Å². The molecule has 0 bridgehead atoms. The molecule has 0 spiro atoms. The number of aromatic nitrogens is 2. The van der Waals surface area contributed by atoms with Crippen LogP contribution in [0.25, 0.3) is 11.3 Å². The van der Waals surface area contributed by atoms with Gasteiger partial charge in [-0.05, 0) is 17.7 Å². The molecule has 9 nitrogen and oxygen atoms in total. The number of benzene rings is 2. The minimum Gasteiger partial charge on any atom is -0.484 e. The molecule has 1 aromatic heterocycles. The Morgan fingerprint density at radius 1 is 1.22 bits per heavy atom. The van der Waals surface area contributed by atoms with Gasteiger partial charge in [0.2, 0.25) is 0 Å². The van der Waals surface area contributed by atoms with Crippen molar-refractivity contribution in [3.05, 3.63) is 60.7 Å². The molecule has 0 fully saturated rings. The molecule has 0 atom stereocenters. The zero-order valence-electron chi connectivity index (χ0n) is 14.3. The Morgan fingerprint density at radius 2 is 2.04 bits per heavy atom. The summed E-state index contributed by atoms with van der Waals surface area (Å²) >= 11 is 0. The van der Waals surface area contributed by atoms with Crippen molar-refractivity contribution in [2.45, 2.75) is 0 Å². The van der Waals surface area contributed by atoms with Gasteiger partial charge in [0.25, 0.3) is 5.91 Å². The summed E-state index contributed by atoms with van der Waals surface area (Å²) < 4.78 is 5.49. The number of nitrogens with one attached hydrogen (secondary N) is 4. The van der Waals surface area contributed by atoms with Gasteiger partial charge in [-0.1, -0.05) is 36.4 Å². The predicted molar refractivity (Wildman–Crippen MR) is 103 cm³/mol. The van der Waals surface area contributed by atoms with Crippen LogP contribution in [0.5, 0.6) is 5.75 Å². The van der Waals surface area contributed by atoms with Crippen LogP contribution < -0.4 is 26.4 Å². The van der Waals surface area contributed by atoms with Gasteiger partial charge in [0.1, 0.15) is 12.1 Å². The molecule has 6 N–H and O–H groups in total. The van der Waals surface area contributed by atoms with E-state index in [9.17, 15) is 4.79 Å². The van der Waals surface area contributed by atoms with E-state index in [1.807, 2.05) is 30.3 Å². The molecule has 0 aliphatic carbocycles. The van der Waals surface area contributed by atoms with E-state index in [1.165, 1.54) is 5.01 Å². The quantitative estimate of drug-likeness (QED) is 0.179. The van der Waals surface area contributed by atoms with E-state index in [1.54, 1.807) is 30.3 Å². The molecule has 0 radical (unpaired) electrons. The van der Waals surface area contributed by atoms with Crippen LogP contribution in [-0.2, 0) is 4.79 Å². The highest BCUT2D eigenvalue weighted by molar-refractivity contribution is 5.91. The molecular weight excluding hydrogens is 346 g/mol. The van der Waals surface area contributed by atoms with E-state index in [4.69, 9.17) is 16.0 Å². The molecule has 0 unspecified atom stereocenters. The Balaban J connectivity index is 1.57. The molecule has 1 heterocycles. The summed E-state index contributed by atoms with van der Waals surface area (Å²) in [6.45, 7) is -0.183. The Morgan fingerprint density at radius 3 is 2.78 bits per heavy atom. The highest BCUT2D eigenvalue weighted by Gasteiger charge is 2.09. The van der Waals surface area contributed by atoms with E-state index < -0.39 is 0 Å². The van der Waals surface area contributed by atoms with Crippen LogP contribution in [0, 0.1) is 5.41 Å². The van der Waals surface area contributed by atoms with E-state index in [0.717, 1.165) is 17.6 Å². The highest BCUT2D eigenvalue weighted by atomic mass is 16.5. The Labute approximate surface area is 155 Å². The van der Waals surface area contributed by atoms with Gasteiger partial charge < -0.3 is 10.1 Å².